The van der Waals surface area contributed by atoms with Gasteiger partial charge in [0.05, 0.1) is 0 Å². The Balaban J connectivity index is 2.09. The zero-order chi connectivity index (χ0) is 15.2. The molecule has 2 unspecified atom stereocenters. The fourth-order valence-electron chi connectivity index (χ4n) is 4.22. The second kappa shape index (κ2) is 7.95. The van der Waals surface area contributed by atoms with E-state index in [2.05, 4.69) is 18.7 Å². The molecule has 0 N–H and O–H groups in total. The molecule has 0 aromatic heterocycles. The molecule has 120 valence electrons. The van der Waals surface area contributed by atoms with Crippen LogP contribution in [0.2, 0.25) is 0 Å². The van der Waals surface area contributed by atoms with Crippen molar-refractivity contribution in [2.45, 2.75) is 84.1 Å². The second-order valence-corrected chi connectivity index (χ2v) is 6.83. The molecule has 2 fully saturated rings. The molecule has 2 aliphatic rings. The smallest absolute Gasteiger partial charge is 0.225 e. The first kappa shape index (κ1) is 16.5. The molecule has 2 rings (SSSR count). The number of carbonyl (C=O) groups excluding carboxylic acids is 2. The highest BCUT2D eigenvalue weighted by Gasteiger charge is 2.39. The molecule has 0 aromatic rings. The van der Waals surface area contributed by atoms with Crippen molar-refractivity contribution >= 4 is 11.7 Å². The van der Waals surface area contributed by atoms with Gasteiger partial charge >= 0.3 is 0 Å². The molecule has 2 atom stereocenters. The first-order valence-corrected chi connectivity index (χ1v) is 9.02. The minimum absolute atomic E-state index is 0.137. The van der Waals surface area contributed by atoms with Crippen molar-refractivity contribution in [2.75, 3.05) is 6.54 Å². The lowest BCUT2D eigenvalue weighted by atomic mass is 9.86. The average molecular weight is 293 g/mol. The van der Waals surface area contributed by atoms with Crippen LogP contribution < -0.4 is 0 Å². The van der Waals surface area contributed by atoms with Gasteiger partial charge < -0.3 is 4.90 Å². The summed E-state index contributed by atoms with van der Waals surface area (Å²) < 4.78 is 0. The van der Waals surface area contributed by atoms with E-state index in [0.717, 1.165) is 64.3 Å². The molecule has 1 saturated carbocycles. The second-order valence-electron chi connectivity index (χ2n) is 6.83. The van der Waals surface area contributed by atoms with Crippen molar-refractivity contribution in [3.8, 4) is 0 Å². The van der Waals surface area contributed by atoms with Crippen LogP contribution >= 0.6 is 0 Å². The summed E-state index contributed by atoms with van der Waals surface area (Å²) in [7, 11) is 0. The minimum atomic E-state index is 0.137. The summed E-state index contributed by atoms with van der Waals surface area (Å²) in [5.41, 5.74) is 0. The predicted molar refractivity (Wildman–Crippen MR) is 85.0 cm³/mol. The number of amides is 1. The van der Waals surface area contributed by atoms with Gasteiger partial charge in [0.25, 0.3) is 0 Å². The Labute approximate surface area is 129 Å². The molecule has 1 aliphatic heterocycles. The summed E-state index contributed by atoms with van der Waals surface area (Å²) in [6.45, 7) is 5.19. The molecule has 0 aromatic carbocycles. The van der Waals surface area contributed by atoms with Crippen molar-refractivity contribution in [1.82, 2.24) is 4.90 Å². The molecule has 21 heavy (non-hydrogen) atoms. The van der Waals surface area contributed by atoms with E-state index in [1.54, 1.807) is 0 Å². The van der Waals surface area contributed by atoms with E-state index in [9.17, 15) is 9.59 Å². The number of rotatable bonds is 6. The zero-order valence-corrected chi connectivity index (χ0v) is 13.8. The number of piperidine rings is 1. The number of hydrogen-bond acceptors (Lipinski definition) is 2. The summed E-state index contributed by atoms with van der Waals surface area (Å²) >= 11 is 0. The van der Waals surface area contributed by atoms with Crippen molar-refractivity contribution < 1.29 is 9.59 Å². The minimum Gasteiger partial charge on any atom is -0.339 e. The van der Waals surface area contributed by atoms with Crippen LogP contribution in [0.15, 0.2) is 0 Å². The van der Waals surface area contributed by atoms with Gasteiger partial charge in [-0.25, -0.2) is 0 Å². The summed E-state index contributed by atoms with van der Waals surface area (Å²) in [5, 5.41) is 0. The van der Waals surface area contributed by atoms with E-state index in [-0.39, 0.29) is 17.9 Å². The third-order valence-corrected chi connectivity index (χ3v) is 5.27. The summed E-state index contributed by atoms with van der Waals surface area (Å²) in [6.07, 6.45) is 10.2. The first-order valence-electron chi connectivity index (χ1n) is 9.02. The number of hydrogen-bond donors (Lipinski definition) is 0. The lowest BCUT2D eigenvalue weighted by Gasteiger charge is -2.40. The summed E-state index contributed by atoms with van der Waals surface area (Å²) in [5.74, 6) is 1.06. The van der Waals surface area contributed by atoms with Gasteiger partial charge in [-0.15, -0.1) is 0 Å². The van der Waals surface area contributed by atoms with Crippen LogP contribution in [0.1, 0.15) is 78.1 Å². The molecule has 3 nitrogen and oxygen atoms in total. The monoisotopic (exact) mass is 293 g/mol. The van der Waals surface area contributed by atoms with E-state index in [1.807, 2.05) is 0 Å². The number of Topliss-reactive ketones (excluding diaryl/α,β-unsaturated/α-hetero) is 1. The van der Waals surface area contributed by atoms with Gasteiger partial charge in [-0.05, 0) is 44.9 Å². The molecule has 1 amide bonds. The lowest BCUT2D eigenvalue weighted by molar-refractivity contribution is -0.142. The van der Waals surface area contributed by atoms with Gasteiger partial charge in [0.2, 0.25) is 5.91 Å². The highest BCUT2D eigenvalue weighted by molar-refractivity contribution is 5.85. The van der Waals surface area contributed by atoms with Crippen LogP contribution in [0, 0.1) is 11.8 Å². The standard InChI is InChI=1S/C18H31NO2/c1-3-8-14(9-4-2)18(21)19-13-6-5-11-16(19)15-10-7-12-17(15)20/h14-16H,3-13H2,1-2H3. The molecule has 0 radical (unpaired) electrons. The molecule has 1 heterocycles. The molecule has 1 aliphatic carbocycles. The van der Waals surface area contributed by atoms with Crippen LogP contribution in [0.25, 0.3) is 0 Å². The van der Waals surface area contributed by atoms with Crippen LogP contribution in [0.4, 0.5) is 0 Å². The maximum absolute atomic E-state index is 13.0. The first-order chi connectivity index (χ1) is 10.2. The van der Waals surface area contributed by atoms with Crippen LogP contribution in [0.5, 0.6) is 0 Å². The van der Waals surface area contributed by atoms with Crippen LogP contribution in [-0.4, -0.2) is 29.2 Å². The van der Waals surface area contributed by atoms with E-state index in [1.165, 1.54) is 6.42 Å². The number of carbonyl (C=O) groups is 2. The zero-order valence-electron chi connectivity index (χ0n) is 13.8. The quantitative estimate of drug-likeness (QED) is 0.743. The fraction of sp³-hybridized carbons (Fsp3) is 0.889. The van der Waals surface area contributed by atoms with Crippen LogP contribution in [0.3, 0.4) is 0 Å². The molecular formula is C18H31NO2. The van der Waals surface area contributed by atoms with Crippen LogP contribution in [-0.2, 0) is 9.59 Å². The molecule has 3 heteroatoms. The van der Waals surface area contributed by atoms with Gasteiger partial charge in [-0.3, -0.25) is 9.59 Å². The Hall–Kier alpha value is -0.860. The van der Waals surface area contributed by atoms with Gasteiger partial charge in [-0.2, -0.15) is 0 Å². The highest BCUT2D eigenvalue weighted by Crippen LogP contribution is 2.34. The lowest BCUT2D eigenvalue weighted by Crippen LogP contribution is -2.50. The molecular weight excluding hydrogens is 262 g/mol. The molecule has 1 saturated heterocycles. The summed E-state index contributed by atoms with van der Waals surface area (Å²) in [6, 6.07) is 0.206. The molecule has 0 spiro atoms. The van der Waals surface area contributed by atoms with Gasteiger partial charge in [-0.1, -0.05) is 26.7 Å². The van der Waals surface area contributed by atoms with Crippen molar-refractivity contribution in [3.63, 3.8) is 0 Å². The summed E-state index contributed by atoms with van der Waals surface area (Å²) in [4.78, 5) is 27.2. The average Bonchev–Trinajstić information content (AvgIpc) is 2.92. The highest BCUT2D eigenvalue weighted by atomic mass is 16.2. The normalized spacial score (nSPS) is 26.6. The molecule has 0 bridgehead atoms. The predicted octanol–water partition coefficient (Wildman–Crippen LogP) is 3.95. The number of ketones is 1. The number of nitrogens with zero attached hydrogens (tertiary/aromatic N) is 1. The maximum atomic E-state index is 13.0. The third-order valence-electron chi connectivity index (χ3n) is 5.27. The van der Waals surface area contributed by atoms with Crippen molar-refractivity contribution in [2.24, 2.45) is 11.8 Å². The van der Waals surface area contributed by atoms with E-state index >= 15 is 0 Å². The Morgan fingerprint density at radius 1 is 1.14 bits per heavy atom. The Kier molecular flexibility index (Phi) is 6.25. The largest absolute Gasteiger partial charge is 0.339 e. The Bertz CT molecular complexity index is 360. The SMILES string of the molecule is CCCC(CCC)C(=O)N1CCCCC1C1CCCC1=O. The van der Waals surface area contributed by atoms with Gasteiger partial charge in [0.1, 0.15) is 5.78 Å². The van der Waals surface area contributed by atoms with Gasteiger partial charge in [0.15, 0.2) is 0 Å². The Morgan fingerprint density at radius 3 is 2.43 bits per heavy atom. The third kappa shape index (κ3) is 3.87. The Morgan fingerprint density at radius 2 is 1.86 bits per heavy atom. The van der Waals surface area contributed by atoms with E-state index in [0.29, 0.717) is 11.7 Å². The maximum Gasteiger partial charge on any atom is 0.225 e. The van der Waals surface area contributed by atoms with Gasteiger partial charge in [0, 0.05) is 30.8 Å². The van der Waals surface area contributed by atoms with Crippen molar-refractivity contribution in [1.29, 1.82) is 0 Å². The topological polar surface area (TPSA) is 37.4 Å². The van der Waals surface area contributed by atoms with Crippen molar-refractivity contribution in [3.05, 3.63) is 0 Å². The number of likely N-dealkylation sites (tertiary alicyclic amines) is 1. The fourth-order valence-corrected chi connectivity index (χ4v) is 4.22. The van der Waals surface area contributed by atoms with E-state index in [4.69, 9.17) is 0 Å². The van der Waals surface area contributed by atoms with E-state index < -0.39 is 0 Å².